The van der Waals surface area contributed by atoms with Crippen molar-refractivity contribution in [2.24, 2.45) is 5.73 Å². The maximum atomic E-state index is 13.2. The van der Waals surface area contributed by atoms with E-state index in [4.69, 9.17) is 10.5 Å². The first-order valence-corrected chi connectivity index (χ1v) is 11.3. The molecule has 166 valence electrons. The van der Waals surface area contributed by atoms with Gasteiger partial charge in [0, 0.05) is 19.6 Å². The molecule has 0 aromatic heterocycles. The lowest BCUT2D eigenvalue weighted by molar-refractivity contribution is -0.162. The van der Waals surface area contributed by atoms with E-state index in [9.17, 15) is 28.2 Å². The summed E-state index contributed by atoms with van der Waals surface area (Å²) in [5.41, 5.74) is 3.62. The Morgan fingerprint density at radius 3 is 2.43 bits per heavy atom. The summed E-state index contributed by atoms with van der Waals surface area (Å²) in [6.45, 7) is 1.56. The summed E-state index contributed by atoms with van der Waals surface area (Å²) >= 11 is 0. The minimum Gasteiger partial charge on any atom is -0.490 e. The molecule has 0 aliphatic carbocycles. The lowest BCUT2D eigenvalue weighted by Crippen LogP contribution is -2.67. The van der Waals surface area contributed by atoms with Gasteiger partial charge in [0.25, 0.3) is 0 Å². The molecule has 0 spiro atoms. The molecule has 0 radical (unpaired) electrons. The number of β-amino-alcohol motifs (C(OH)–C–C–N with tert-alkyl or cyclic N) is 1. The van der Waals surface area contributed by atoms with Gasteiger partial charge in [-0.2, -0.15) is 0 Å². The number of carbonyl (C=O) groups excluding carboxylic acids is 1. The summed E-state index contributed by atoms with van der Waals surface area (Å²) in [5, 5.41) is 18.7. The van der Waals surface area contributed by atoms with Crippen molar-refractivity contribution in [1.29, 1.82) is 0 Å². The Labute approximate surface area is 175 Å². The number of hydrogen-bond acceptors (Lipinski definition) is 6. The number of carboxylic acids is 1. The number of rotatable bonds is 5. The lowest BCUT2D eigenvalue weighted by atomic mass is 9.92. The minimum atomic E-state index is -4.12. The lowest BCUT2D eigenvalue weighted by Gasteiger charge is -2.43. The maximum absolute atomic E-state index is 13.2. The number of likely N-dealkylation sites (tertiary alicyclic amines) is 1. The van der Waals surface area contributed by atoms with Crippen molar-refractivity contribution in [3.05, 3.63) is 29.8 Å². The number of benzene rings is 1. The molecule has 4 N–H and O–H groups in total. The number of carboxylic acid groups (broad SMARTS) is 1. The van der Waals surface area contributed by atoms with Crippen LogP contribution in [0.2, 0.25) is 0 Å². The number of primary amides is 1. The van der Waals surface area contributed by atoms with Gasteiger partial charge in [-0.1, -0.05) is 12.1 Å². The molecular weight excluding hydrogens is 414 g/mol. The quantitative estimate of drug-likeness (QED) is 0.588. The molecule has 11 heteroatoms. The zero-order valence-corrected chi connectivity index (χ0v) is 17.5. The number of urea groups is 1. The molecule has 2 unspecified atom stereocenters. The number of aliphatic hydroxyl groups is 1. The second-order valence-corrected chi connectivity index (χ2v) is 9.96. The predicted octanol–water partition coefficient (Wildman–Crippen LogP) is 0.137. The van der Waals surface area contributed by atoms with Crippen molar-refractivity contribution < 1.29 is 33.0 Å². The van der Waals surface area contributed by atoms with Crippen LogP contribution in [-0.4, -0.2) is 83.0 Å². The smallest absolute Gasteiger partial charge is 0.339 e. The molecule has 1 aromatic rings. The number of nitrogens with two attached hydrogens (primary N) is 1. The fourth-order valence-electron chi connectivity index (χ4n) is 4.04. The summed E-state index contributed by atoms with van der Waals surface area (Å²) in [5.74, 6) is -0.977. The Kier molecular flexibility index (Phi) is 6.25. The van der Waals surface area contributed by atoms with Crippen LogP contribution >= 0.6 is 0 Å². The molecule has 1 aromatic carbocycles. The summed E-state index contributed by atoms with van der Waals surface area (Å²) in [6, 6.07) is 6.68. The number of hydrogen-bond donors (Lipinski definition) is 3. The van der Waals surface area contributed by atoms with Gasteiger partial charge in [-0.25, -0.2) is 22.3 Å². The molecule has 10 nitrogen and oxygen atoms in total. The zero-order valence-electron chi connectivity index (χ0n) is 16.7. The van der Waals surface area contributed by atoms with E-state index in [1.165, 1.54) is 4.31 Å². The number of sulfonamides is 1. The van der Waals surface area contributed by atoms with Crippen LogP contribution in [0.25, 0.3) is 0 Å². The van der Waals surface area contributed by atoms with Gasteiger partial charge in [0.15, 0.2) is 5.60 Å². The monoisotopic (exact) mass is 441 g/mol. The van der Waals surface area contributed by atoms with Crippen LogP contribution in [0.3, 0.4) is 0 Å². The summed E-state index contributed by atoms with van der Waals surface area (Å²) < 4.78 is 33.5. The van der Waals surface area contributed by atoms with Gasteiger partial charge in [0.1, 0.15) is 17.1 Å². The van der Waals surface area contributed by atoms with Crippen LogP contribution in [0.15, 0.2) is 24.3 Å². The molecule has 2 aliphatic heterocycles. The molecule has 3 rings (SSSR count). The number of ether oxygens (including phenoxy) is 1. The standard InChI is InChI=1S/C19H27N3O7S/c1-13-3-2-4-15(11-13)29-14-5-9-22(10-6-14)30(27,28)16-7-8-21(18(20)25)12-19(16,26)17(23)24/h2-4,11,14,16,26H,5-10,12H2,1H3,(H2,20,25)(H,23,24). The average Bonchev–Trinajstić information content (AvgIpc) is 2.68. The van der Waals surface area contributed by atoms with E-state index >= 15 is 0 Å². The number of aryl methyl sites for hydroxylation is 1. The van der Waals surface area contributed by atoms with E-state index in [0.29, 0.717) is 12.8 Å². The number of piperidine rings is 2. The molecule has 0 saturated carbocycles. The molecule has 2 aliphatic rings. The van der Waals surface area contributed by atoms with E-state index < -0.39 is 39.4 Å². The third-order valence-electron chi connectivity index (χ3n) is 5.72. The number of nitrogens with zero attached hydrogens (tertiary/aromatic N) is 2. The first kappa shape index (κ1) is 22.3. The number of amides is 2. The molecule has 0 bridgehead atoms. The van der Waals surface area contributed by atoms with Gasteiger partial charge in [0.2, 0.25) is 10.0 Å². The van der Waals surface area contributed by atoms with Gasteiger partial charge < -0.3 is 25.6 Å². The third kappa shape index (κ3) is 4.37. The van der Waals surface area contributed by atoms with Crippen LogP contribution in [0.5, 0.6) is 5.75 Å². The second kappa shape index (κ2) is 8.40. The summed E-state index contributed by atoms with van der Waals surface area (Å²) in [6.07, 6.45) is 0.513. The Hall–Kier alpha value is -2.37. The van der Waals surface area contributed by atoms with Crippen molar-refractivity contribution in [2.45, 2.75) is 43.1 Å². The first-order chi connectivity index (χ1) is 14.0. The highest BCUT2D eigenvalue weighted by atomic mass is 32.2. The topological polar surface area (TPSA) is 150 Å². The molecular formula is C19H27N3O7S. The van der Waals surface area contributed by atoms with Crippen LogP contribution < -0.4 is 10.5 Å². The van der Waals surface area contributed by atoms with Crippen molar-refractivity contribution in [3.8, 4) is 5.75 Å². The molecule has 30 heavy (non-hydrogen) atoms. The summed E-state index contributed by atoms with van der Waals surface area (Å²) in [4.78, 5) is 24.1. The van der Waals surface area contributed by atoms with Crippen LogP contribution in [-0.2, 0) is 14.8 Å². The van der Waals surface area contributed by atoms with Crippen molar-refractivity contribution in [1.82, 2.24) is 9.21 Å². The highest BCUT2D eigenvalue weighted by molar-refractivity contribution is 7.89. The Bertz CT molecular complexity index is 914. The normalized spacial score (nSPS) is 26.3. The highest BCUT2D eigenvalue weighted by Gasteiger charge is 2.56. The van der Waals surface area contributed by atoms with Gasteiger partial charge in [-0.3, -0.25) is 0 Å². The van der Waals surface area contributed by atoms with Crippen molar-refractivity contribution in [2.75, 3.05) is 26.2 Å². The number of carbonyl (C=O) groups is 2. The average molecular weight is 442 g/mol. The maximum Gasteiger partial charge on any atom is 0.339 e. The van der Waals surface area contributed by atoms with Gasteiger partial charge in [0.05, 0.1) is 6.54 Å². The Balaban J connectivity index is 1.69. The highest BCUT2D eigenvalue weighted by Crippen LogP contribution is 2.32. The van der Waals surface area contributed by atoms with E-state index in [1.807, 2.05) is 31.2 Å². The van der Waals surface area contributed by atoms with Gasteiger partial charge in [-0.15, -0.1) is 0 Å². The fraction of sp³-hybridized carbons (Fsp3) is 0.579. The molecule has 2 fully saturated rings. The first-order valence-electron chi connectivity index (χ1n) is 9.76. The second-order valence-electron chi connectivity index (χ2n) is 7.84. The molecule has 2 amide bonds. The van der Waals surface area contributed by atoms with E-state index in [1.54, 1.807) is 0 Å². The molecule has 2 heterocycles. The Morgan fingerprint density at radius 1 is 1.20 bits per heavy atom. The largest absolute Gasteiger partial charge is 0.490 e. The molecule has 2 atom stereocenters. The van der Waals surface area contributed by atoms with Crippen LogP contribution in [0, 0.1) is 6.92 Å². The van der Waals surface area contributed by atoms with E-state index in [-0.39, 0.29) is 32.2 Å². The Morgan fingerprint density at radius 2 is 1.87 bits per heavy atom. The van der Waals surface area contributed by atoms with Crippen LogP contribution in [0.4, 0.5) is 4.79 Å². The zero-order chi connectivity index (χ0) is 22.1. The fourth-order valence-corrected chi connectivity index (χ4v) is 6.19. The SMILES string of the molecule is Cc1cccc(OC2CCN(S(=O)(=O)C3CCN(C(N)=O)CC3(O)C(=O)O)CC2)c1. The van der Waals surface area contributed by atoms with Crippen molar-refractivity contribution >= 4 is 22.0 Å². The van der Waals surface area contributed by atoms with Gasteiger partial charge in [-0.05, 0) is 43.9 Å². The third-order valence-corrected chi connectivity index (χ3v) is 8.15. The summed E-state index contributed by atoms with van der Waals surface area (Å²) in [7, 11) is -4.12. The van der Waals surface area contributed by atoms with Crippen LogP contribution in [0.1, 0.15) is 24.8 Å². The van der Waals surface area contributed by atoms with E-state index in [2.05, 4.69) is 0 Å². The molecule has 2 saturated heterocycles. The van der Waals surface area contributed by atoms with E-state index in [0.717, 1.165) is 16.2 Å². The van der Waals surface area contributed by atoms with Crippen molar-refractivity contribution in [3.63, 3.8) is 0 Å². The predicted molar refractivity (Wildman–Crippen MR) is 107 cm³/mol. The minimum absolute atomic E-state index is 0.0399. The number of aliphatic carboxylic acids is 1. The van der Waals surface area contributed by atoms with Gasteiger partial charge >= 0.3 is 12.0 Å².